The summed E-state index contributed by atoms with van der Waals surface area (Å²) in [6, 6.07) is 10.6. The van der Waals surface area contributed by atoms with Crippen molar-refractivity contribution in [1.29, 1.82) is 0 Å². The van der Waals surface area contributed by atoms with Crippen LogP contribution < -0.4 is 5.32 Å². The molecule has 0 saturated carbocycles. The van der Waals surface area contributed by atoms with E-state index in [9.17, 15) is 18.0 Å². The van der Waals surface area contributed by atoms with Crippen molar-refractivity contribution in [2.24, 2.45) is 0 Å². The number of alkyl halides is 3. The topological polar surface area (TPSA) is 108 Å². The maximum absolute atomic E-state index is 13.1. The smallest absolute Gasteiger partial charge is 0.377 e. The Morgan fingerprint density at radius 2 is 1.44 bits per heavy atom. The van der Waals surface area contributed by atoms with E-state index in [4.69, 9.17) is 13.3 Å². The van der Waals surface area contributed by atoms with E-state index in [2.05, 4.69) is 25.7 Å². The molecule has 36 heavy (non-hydrogen) atoms. The molecular formula is C23H26F3N5O4Si. The third-order valence-electron chi connectivity index (χ3n) is 5.43. The lowest BCUT2D eigenvalue weighted by atomic mass is 10.1. The lowest BCUT2D eigenvalue weighted by Crippen LogP contribution is -2.43. The van der Waals surface area contributed by atoms with Crippen molar-refractivity contribution in [3.05, 3.63) is 59.2 Å². The Kier molecular flexibility index (Phi) is 8.84. The van der Waals surface area contributed by atoms with Gasteiger partial charge in [0.25, 0.3) is 5.91 Å². The maximum atomic E-state index is 13.1. The Bertz CT molecular complexity index is 1170. The van der Waals surface area contributed by atoms with Crippen LogP contribution in [0.3, 0.4) is 0 Å². The second-order valence-corrected chi connectivity index (χ2v) is 11.0. The fourth-order valence-electron chi connectivity index (χ4n) is 3.47. The zero-order chi connectivity index (χ0) is 26.3. The standard InChI is InChI=1S/C23H26F3N5O4Si/c1-15-12-18(14-19(13-15)23(24,25)26)21-30-28-20(29-31-21)16-6-8-17(9-7-16)22(32)27-10-5-11-36(33-2,34-3)35-4/h6-9,12-14H,5,10-11H2,1-4H3,(H,27,32). The van der Waals surface area contributed by atoms with Gasteiger partial charge in [-0.05, 0) is 49.2 Å². The minimum absolute atomic E-state index is 0.0218. The zero-order valence-corrected chi connectivity index (χ0v) is 21.2. The van der Waals surface area contributed by atoms with Gasteiger partial charge in [0.1, 0.15) is 0 Å². The average molecular weight is 522 g/mol. The molecule has 0 bridgehead atoms. The average Bonchev–Trinajstić information content (AvgIpc) is 2.88. The minimum Gasteiger partial charge on any atom is -0.377 e. The van der Waals surface area contributed by atoms with Crippen molar-refractivity contribution in [1.82, 2.24) is 25.7 Å². The lowest BCUT2D eigenvalue weighted by Gasteiger charge is -2.24. The van der Waals surface area contributed by atoms with Crippen molar-refractivity contribution in [3.63, 3.8) is 0 Å². The third kappa shape index (κ3) is 6.69. The van der Waals surface area contributed by atoms with Gasteiger partial charge in [0, 0.05) is 50.6 Å². The first-order chi connectivity index (χ1) is 17.1. The van der Waals surface area contributed by atoms with Crippen LogP contribution in [0.4, 0.5) is 13.2 Å². The van der Waals surface area contributed by atoms with E-state index >= 15 is 0 Å². The molecule has 0 aliphatic rings. The molecule has 0 fully saturated rings. The summed E-state index contributed by atoms with van der Waals surface area (Å²) in [6.07, 6.45) is -3.87. The van der Waals surface area contributed by atoms with E-state index in [1.165, 1.54) is 27.4 Å². The van der Waals surface area contributed by atoms with Gasteiger partial charge in [-0.25, -0.2) is 0 Å². The molecule has 3 rings (SSSR count). The fourth-order valence-corrected chi connectivity index (χ4v) is 5.19. The van der Waals surface area contributed by atoms with Crippen LogP contribution in [0.15, 0.2) is 42.5 Å². The number of nitrogens with zero attached hydrogens (tertiary/aromatic N) is 4. The molecule has 2 aromatic carbocycles. The van der Waals surface area contributed by atoms with Gasteiger partial charge in [0.15, 0.2) is 0 Å². The zero-order valence-electron chi connectivity index (χ0n) is 20.2. The summed E-state index contributed by atoms with van der Waals surface area (Å²) in [5.41, 5.74) is 0.775. The monoisotopic (exact) mass is 521 g/mol. The van der Waals surface area contributed by atoms with E-state index in [1.807, 2.05) is 0 Å². The molecule has 0 aliphatic carbocycles. The number of hydrogen-bond donors (Lipinski definition) is 1. The fraction of sp³-hybridized carbons (Fsp3) is 0.348. The van der Waals surface area contributed by atoms with Gasteiger partial charge in [0.2, 0.25) is 11.6 Å². The molecule has 0 atom stereocenters. The van der Waals surface area contributed by atoms with Crippen LogP contribution in [0.5, 0.6) is 0 Å². The van der Waals surface area contributed by atoms with Crippen LogP contribution in [0, 0.1) is 6.92 Å². The molecule has 0 saturated heterocycles. The first-order valence-electron chi connectivity index (χ1n) is 10.9. The summed E-state index contributed by atoms with van der Waals surface area (Å²) in [7, 11) is 1.93. The molecule has 3 aromatic rings. The lowest BCUT2D eigenvalue weighted by molar-refractivity contribution is -0.137. The van der Waals surface area contributed by atoms with E-state index in [1.54, 1.807) is 31.2 Å². The quantitative estimate of drug-likeness (QED) is 0.316. The van der Waals surface area contributed by atoms with E-state index in [0.29, 0.717) is 35.7 Å². The minimum atomic E-state index is -4.49. The summed E-state index contributed by atoms with van der Waals surface area (Å²) in [5, 5.41) is 18.7. The van der Waals surface area contributed by atoms with E-state index < -0.39 is 20.5 Å². The highest BCUT2D eigenvalue weighted by Gasteiger charge is 2.36. The van der Waals surface area contributed by atoms with Gasteiger partial charge >= 0.3 is 15.0 Å². The SMILES string of the molecule is CO[Si](CCCNC(=O)c1ccc(-c2nnc(-c3cc(C)cc(C(F)(F)F)c3)nn2)cc1)(OC)OC. The van der Waals surface area contributed by atoms with Crippen molar-refractivity contribution < 1.29 is 31.2 Å². The number of aryl methyl sites for hydroxylation is 1. The number of hydrogen-bond acceptors (Lipinski definition) is 8. The number of amides is 1. The van der Waals surface area contributed by atoms with Gasteiger partial charge in [-0.2, -0.15) is 13.2 Å². The van der Waals surface area contributed by atoms with Crippen molar-refractivity contribution in [2.75, 3.05) is 27.9 Å². The van der Waals surface area contributed by atoms with Gasteiger partial charge < -0.3 is 18.6 Å². The summed E-state index contributed by atoms with van der Waals surface area (Å²) in [6.45, 7) is 1.97. The number of carbonyl (C=O) groups is 1. The van der Waals surface area contributed by atoms with Gasteiger partial charge in [-0.3, -0.25) is 4.79 Å². The van der Waals surface area contributed by atoms with Crippen LogP contribution in [0.1, 0.15) is 27.9 Å². The molecule has 0 unspecified atom stereocenters. The maximum Gasteiger partial charge on any atom is 0.500 e. The molecule has 9 nitrogen and oxygen atoms in total. The Labute approximate surface area is 207 Å². The number of halogens is 3. The molecule has 13 heteroatoms. The molecule has 1 amide bonds. The third-order valence-corrected chi connectivity index (χ3v) is 8.26. The number of carbonyl (C=O) groups excluding carboxylic acids is 1. The van der Waals surface area contributed by atoms with Crippen molar-refractivity contribution in [2.45, 2.75) is 25.6 Å². The molecule has 0 radical (unpaired) electrons. The van der Waals surface area contributed by atoms with Gasteiger partial charge in [0.05, 0.1) is 5.56 Å². The Hall–Kier alpha value is -3.26. The molecule has 0 aliphatic heterocycles. The second-order valence-electron chi connectivity index (χ2n) is 7.86. The largest absolute Gasteiger partial charge is 0.500 e. The summed E-state index contributed by atoms with van der Waals surface area (Å²) >= 11 is 0. The second kappa shape index (κ2) is 11.6. The predicted octanol–water partition coefficient (Wildman–Crippen LogP) is 3.93. The molecule has 1 heterocycles. The summed E-state index contributed by atoms with van der Waals surface area (Å²) in [5.74, 6) is -0.102. The molecule has 192 valence electrons. The van der Waals surface area contributed by atoms with E-state index in [-0.39, 0.29) is 23.1 Å². The summed E-state index contributed by atoms with van der Waals surface area (Å²) < 4.78 is 55.4. The van der Waals surface area contributed by atoms with Crippen LogP contribution in [0.25, 0.3) is 22.8 Å². The highest BCUT2D eigenvalue weighted by Crippen LogP contribution is 2.32. The normalized spacial score (nSPS) is 12.0. The Morgan fingerprint density at radius 3 is 1.97 bits per heavy atom. The van der Waals surface area contributed by atoms with Crippen LogP contribution in [-0.4, -0.2) is 63.0 Å². The number of rotatable bonds is 10. The molecule has 0 spiro atoms. The number of nitrogens with one attached hydrogen (secondary N) is 1. The van der Waals surface area contributed by atoms with Crippen molar-refractivity contribution in [3.8, 4) is 22.8 Å². The Balaban J connectivity index is 1.63. The number of benzene rings is 2. The molecule has 1 aromatic heterocycles. The molecule has 1 N–H and O–H groups in total. The van der Waals surface area contributed by atoms with Crippen LogP contribution >= 0.6 is 0 Å². The van der Waals surface area contributed by atoms with Crippen LogP contribution in [-0.2, 0) is 19.5 Å². The highest BCUT2D eigenvalue weighted by atomic mass is 28.4. The summed E-state index contributed by atoms with van der Waals surface area (Å²) in [4.78, 5) is 12.4. The number of aromatic nitrogens is 4. The predicted molar refractivity (Wildman–Crippen MR) is 127 cm³/mol. The highest BCUT2D eigenvalue weighted by molar-refractivity contribution is 6.60. The van der Waals surface area contributed by atoms with Gasteiger partial charge in [-0.1, -0.05) is 12.1 Å². The first-order valence-corrected chi connectivity index (χ1v) is 12.8. The Morgan fingerprint density at radius 1 is 0.889 bits per heavy atom. The molecular weight excluding hydrogens is 495 g/mol. The van der Waals surface area contributed by atoms with Gasteiger partial charge in [-0.15, -0.1) is 20.4 Å². The van der Waals surface area contributed by atoms with Crippen molar-refractivity contribution >= 4 is 14.7 Å². The first kappa shape index (κ1) is 27.3. The van der Waals surface area contributed by atoms with E-state index in [0.717, 1.165) is 12.1 Å². The van der Waals surface area contributed by atoms with Crippen LogP contribution in [0.2, 0.25) is 6.04 Å².